The zero-order valence-electron chi connectivity index (χ0n) is 20.7. The highest BCUT2D eigenvalue weighted by Crippen LogP contribution is 2.20. The average Bonchev–Trinajstić information content (AvgIpc) is 3.31. The van der Waals surface area contributed by atoms with Gasteiger partial charge in [0.1, 0.15) is 6.54 Å². The highest BCUT2D eigenvalue weighted by molar-refractivity contribution is 5.94. The van der Waals surface area contributed by atoms with Gasteiger partial charge in [-0.1, -0.05) is 36.8 Å². The molecule has 0 aliphatic carbocycles. The maximum Gasteiger partial charge on any atom is 0.290 e. The second-order valence-electron chi connectivity index (χ2n) is 9.03. The van der Waals surface area contributed by atoms with Gasteiger partial charge in [0.05, 0.1) is 12.0 Å². The van der Waals surface area contributed by atoms with Gasteiger partial charge in [0.2, 0.25) is 5.91 Å². The van der Waals surface area contributed by atoms with Crippen molar-refractivity contribution in [3.8, 4) is 11.3 Å². The Labute approximate surface area is 206 Å². The predicted octanol–water partition coefficient (Wildman–Crippen LogP) is 4.02. The van der Waals surface area contributed by atoms with E-state index in [-0.39, 0.29) is 30.2 Å². The number of anilines is 1. The summed E-state index contributed by atoms with van der Waals surface area (Å²) >= 11 is 0. The normalized spacial score (nSPS) is 14.9. The third-order valence-corrected chi connectivity index (χ3v) is 6.59. The second-order valence-corrected chi connectivity index (χ2v) is 9.03. The zero-order valence-corrected chi connectivity index (χ0v) is 20.7. The molecule has 8 heteroatoms. The maximum atomic E-state index is 13.2. The average molecular weight is 476 g/mol. The summed E-state index contributed by atoms with van der Waals surface area (Å²) in [5.74, 6) is 0.767. The van der Waals surface area contributed by atoms with Crippen LogP contribution in [0, 0.1) is 6.92 Å². The number of hydrogen-bond donors (Lipinski definition) is 0. The van der Waals surface area contributed by atoms with Crippen LogP contribution < -0.4 is 4.90 Å². The topological polar surface area (TPSA) is 82.8 Å². The quantitative estimate of drug-likeness (QED) is 0.513. The number of aryl methyl sites for hydroxylation is 1. The SMILES string of the molecule is CC[C@@H](C)N(CC(=O)N1CCCN(c2ccc(-c3ccc(C)cc3)nn2)CC1)C(=O)c1ccco1. The summed E-state index contributed by atoms with van der Waals surface area (Å²) in [6.07, 6.45) is 3.05. The van der Waals surface area contributed by atoms with Crippen molar-refractivity contribution in [3.63, 3.8) is 0 Å². The Kier molecular flexibility index (Phi) is 7.80. The lowest BCUT2D eigenvalue weighted by atomic mass is 10.1. The Morgan fingerprint density at radius 1 is 1.03 bits per heavy atom. The van der Waals surface area contributed by atoms with Gasteiger partial charge in [-0.3, -0.25) is 9.59 Å². The highest BCUT2D eigenvalue weighted by atomic mass is 16.3. The van der Waals surface area contributed by atoms with E-state index in [1.807, 2.05) is 43.0 Å². The van der Waals surface area contributed by atoms with Crippen LogP contribution in [0.5, 0.6) is 0 Å². The van der Waals surface area contributed by atoms with E-state index in [0.717, 1.165) is 36.5 Å². The number of benzene rings is 1. The van der Waals surface area contributed by atoms with Gasteiger partial charge in [-0.15, -0.1) is 10.2 Å². The van der Waals surface area contributed by atoms with Gasteiger partial charge < -0.3 is 19.1 Å². The minimum absolute atomic E-state index is 0.0413. The molecule has 4 rings (SSSR count). The Bertz CT molecular complexity index is 1110. The van der Waals surface area contributed by atoms with Gasteiger partial charge in [0, 0.05) is 37.8 Å². The van der Waals surface area contributed by atoms with Crippen molar-refractivity contribution in [2.24, 2.45) is 0 Å². The molecular weight excluding hydrogens is 442 g/mol. The molecule has 0 N–H and O–H groups in total. The van der Waals surface area contributed by atoms with E-state index in [2.05, 4.69) is 34.2 Å². The lowest BCUT2D eigenvalue weighted by Crippen LogP contribution is -2.47. The number of carbonyl (C=O) groups excluding carboxylic acids is 2. The molecule has 2 aromatic heterocycles. The van der Waals surface area contributed by atoms with Crippen molar-refractivity contribution in [1.82, 2.24) is 20.0 Å². The monoisotopic (exact) mass is 475 g/mol. The molecule has 1 aliphatic heterocycles. The fourth-order valence-corrected chi connectivity index (χ4v) is 4.20. The summed E-state index contributed by atoms with van der Waals surface area (Å²) in [4.78, 5) is 31.7. The molecule has 0 saturated carbocycles. The molecule has 1 aliphatic rings. The molecule has 1 saturated heterocycles. The minimum Gasteiger partial charge on any atom is -0.459 e. The summed E-state index contributed by atoms with van der Waals surface area (Å²) in [7, 11) is 0. The smallest absolute Gasteiger partial charge is 0.290 e. The van der Waals surface area contributed by atoms with Gasteiger partial charge in [-0.05, 0) is 51.0 Å². The Hall–Kier alpha value is -3.68. The van der Waals surface area contributed by atoms with Crippen LogP contribution >= 0.6 is 0 Å². The number of carbonyl (C=O) groups is 2. The van der Waals surface area contributed by atoms with Gasteiger partial charge in [0.15, 0.2) is 11.6 Å². The fraction of sp³-hybridized carbons (Fsp3) is 0.407. The van der Waals surface area contributed by atoms with Crippen LogP contribution in [0.1, 0.15) is 42.8 Å². The second kappa shape index (κ2) is 11.2. The summed E-state index contributed by atoms with van der Waals surface area (Å²) in [6.45, 7) is 8.74. The number of hydrogen-bond acceptors (Lipinski definition) is 6. The van der Waals surface area contributed by atoms with E-state index in [0.29, 0.717) is 19.6 Å². The standard InChI is InChI=1S/C27H33N5O3/c1-4-21(3)32(27(34)24-7-5-18-35-24)19-26(33)31-15-6-14-30(16-17-31)25-13-12-23(28-29-25)22-10-8-20(2)9-11-22/h5,7-13,18,21H,4,6,14-17,19H2,1-3H3/t21-/m1/s1. The van der Waals surface area contributed by atoms with E-state index < -0.39 is 0 Å². The molecule has 0 radical (unpaired) electrons. The summed E-state index contributed by atoms with van der Waals surface area (Å²) in [6, 6.07) is 15.5. The molecule has 8 nitrogen and oxygen atoms in total. The van der Waals surface area contributed by atoms with Gasteiger partial charge in [-0.25, -0.2) is 0 Å². The van der Waals surface area contributed by atoms with E-state index in [1.54, 1.807) is 17.0 Å². The number of aromatic nitrogens is 2. The fourth-order valence-electron chi connectivity index (χ4n) is 4.20. The molecule has 0 spiro atoms. The first-order valence-corrected chi connectivity index (χ1v) is 12.2. The molecule has 35 heavy (non-hydrogen) atoms. The Morgan fingerprint density at radius 2 is 1.83 bits per heavy atom. The molecule has 184 valence electrons. The molecule has 0 bridgehead atoms. The van der Waals surface area contributed by atoms with E-state index in [4.69, 9.17) is 4.42 Å². The lowest BCUT2D eigenvalue weighted by Gasteiger charge is -2.30. The molecule has 3 aromatic rings. The third kappa shape index (κ3) is 5.88. The lowest BCUT2D eigenvalue weighted by molar-refractivity contribution is -0.132. The van der Waals surface area contributed by atoms with Crippen LogP contribution in [0.15, 0.2) is 59.2 Å². The minimum atomic E-state index is -0.252. The van der Waals surface area contributed by atoms with Gasteiger partial charge in [0.25, 0.3) is 5.91 Å². The van der Waals surface area contributed by atoms with Crippen LogP contribution in [0.25, 0.3) is 11.3 Å². The molecule has 0 unspecified atom stereocenters. The van der Waals surface area contributed by atoms with Crippen LogP contribution in [0.4, 0.5) is 5.82 Å². The van der Waals surface area contributed by atoms with Gasteiger partial charge in [-0.2, -0.15) is 0 Å². The molecule has 1 fully saturated rings. The maximum absolute atomic E-state index is 13.2. The van der Waals surface area contributed by atoms with Crippen molar-refractivity contribution in [2.75, 3.05) is 37.6 Å². The van der Waals surface area contributed by atoms with Crippen molar-refractivity contribution in [2.45, 2.75) is 39.7 Å². The first kappa shape index (κ1) is 24.4. The van der Waals surface area contributed by atoms with Gasteiger partial charge >= 0.3 is 0 Å². The first-order valence-electron chi connectivity index (χ1n) is 12.2. The van der Waals surface area contributed by atoms with E-state index >= 15 is 0 Å². The van der Waals surface area contributed by atoms with Crippen molar-refractivity contribution in [1.29, 1.82) is 0 Å². The molecule has 3 heterocycles. The molecule has 2 amide bonds. The molecular formula is C27H33N5O3. The first-order chi connectivity index (χ1) is 17.0. The van der Waals surface area contributed by atoms with Crippen molar-refractivity contribution >= 4 is 17.6 Å². The van der Waals surface area contributed by atoms with Crippen LogP contribution in [-0.4, -0.2) is 70.6 Å². The molecule has 1 aromatic carbocycles. The van der Waals surface area contributed by atoms with E-state index in [1.165, 1.54) is 11.8 Å². The van der Waals surface area contributed by atoms with E-state index in [9.17, 15) is 9.59 Å². The van der Waals surface area contributed by atoms with Crippen molar-refractivity contribution < 1.29 is 14.0 Å². The molecule has 1 atom stereocenters. The van der Waals surface area contributed by atoms with Crippen LogP contribution in [-0.2, 0) is 4.79 Å². The van der Waals surface area contributed by atoms with Crippen molar-refractivity contribution in [3.05, 3.63) is 66.1 Å². The Morgan fingerprint density at radius 3 is 2.49 bits per heavy atom. The Balaban J connectivity index is 1.38. The largest absolute Gasteiger partial charge is 0.459 e. The third-order valence-electron chi connectivity index (χ3n) is 6.59. The summed E-state index contributed by atoms with van der Waals surface area (Å²) in [5, 5.41) is 8.88. The number of nitrogens with zero attached hydrogens (tertiary/aromatic N) is 5. The predicted molar refractivity (Wildman–Crippen MR) is 135 cm³/mol. The number of furan rings is 1. The summed E-state index contributed by atoms with van der Waals surface area (Å²) < 4.78 is 5.29. The van der Waals surface area contributed by atoms with Crippen LogP contribution in [0.3, 0.4) is 0 Å². The number of amides is 2. The van der Waals surface area contributed by atoms with Crippen LogP contribution in [0.2, 0.25) is 0 Å². The number of rotatable bonds is 7. The highest BCUT2D eigenvalue weighted by Gasteiger charge is 2.28. The summed E-state index contributed by atoms with van der Waals surface area (Å²) in [5.41, 5.74) is 3.09. The zero-order chi connectivity index (χ0) is 24.8.